The van der Waals surface area contributed by atoms with Gasteiger partial charge in [0.15, 0.2) is 0 Å². The molecule has 0 aliphatic heterocycles. The molecule has 30 heavy (non-hydrogen) atoms. The Bertz CT molecular complexity index is 1110. The van der Waals surface area contributed by atoms with Crippen LogP contribution < -0.4 is 5.32 Å². The van der Waals surface area contributed by atoms with E-state index in [0.29, 0.717) is 23.4 Å². The van der Waals surface area contributed by atoms with Gasteiger partial charge < -0.3 is 19.9 Å². The summed E-state index contributed by atoms with van der Waals surface area (Å²) in [6.07, 6.45) is -4.68. The summed E-state index contributed by atoms with van der Waals surface area (Å²) in [6, 6.07) is 7.29. The molecule has 3 aromatic rings. The minimum Gasteiger partial charge on any atom is -0.465 e. The third-order valence-electron chi connectivity index (χ3n) is 4.24. The number of aromatic amines is 1. The van der Waals surface area contributed by atoms with Crippen molar-refractivity contribution in [2.45, 2.75) is 12.7 Å². The molecular formula is C20H19F3N4O3. The van der Waals surface area contributed by atoms with E-state index in [1.165, 1.54) is 31.4 Å². The van der Waals surface area contributed by atoms with Gasteiger partial charge in [0.1, 0.15) is 11.3 Å². The SMILES string of the molecule is COC(=O)c1cc(NC(=O)c2ccccc2C(F)(F)F)cc2[nH]c(CN(C)C)nc12. The molecule has 1 aromatic heterocycles. The fourth-order valence-corrected chi connectivity index (χ4v) is 3.01. The number of benzene rings is 2. The zero-order valence-electron chi connectivity index (χ0n) is 16.4. The number of aromatic nitrogens is 2. The van der Waals surface area contributed by atoms with Gasteiger partial charge in [0.05, 0.1) is 35.9 Å². The van der Waals surface area contributed by atoms with Crippen LogP contribution in [0.2, 0.25) is 0 Å². The highest BCUT2D eigenvalue weighted by atomic mass is 19.4. The van der Waals surface area contributed by atoms with Crippen molar-refractivity contribution in [3.05, 3.63) is 58.9 Å². The lowest BCUT2D eigenvalue weighted by Gasteiger charge is -2.13. The molecule has 0 spiro atoms. The molecule has 1 heterocycles. The number of carbonyl (C=O) groups excluding carboxylic acids is 2. The zero-order chi connectivity index (χ0) is 22.1. The second-order valence-corrected chi connectivity index (χ2v) is 6.83. The molecule has 10 heteroatoms. The Labute approximate surface area is 169 Å². The van der Waals surface area contributed by atoms with Gasteiger partial charge in [-0.3, -0.25) is 4.79 Å². The standard InChI is InChI=1S/C20H19F3N4O3/c1-27(2)10-16-25-15-9-11(8-13(17(15)26-16)19(29)30-3)24-18(28)12-6-4-5-7-14(12)20(21,22)23/h4-9H,10H2,1-3H3,(H,24,28)(H,25,26). The van der Waals surface area contributed by atoms with E-state index in [1.807, 2.05) is 19.0 Å². The Balaban J connectivity index is 2.02. The molecule has 0 bridgehead atoms. The number of hydrogen-bond donors (Lipinski definition) is 2. The summed E-state index contributed by atoms with van der Waals surface area (Å²) in [6.45, 7) is 0.468. The highest BCUT2D eigenvalue weighted by Gasteiger charge is 2.35. The van der Waals surface area contributed by atoms with Crippen LogP contribution in [0.15, 0.2) is 36.4 Å². The lowest BCUT2D eigenvalue weighted by Crippen LogP contribution is -2.19. The summed E-state index contributed by atoms with van der Waals surface area (Å²) in [7, 11) is 4.89. The number of nitrogens with zero attached hydrogens (tertiary/aromatic N) is 2. The first-order valence-corrected chi connectivity index (χ1v) is 8.83. The maximum Gasteiger partial charge on any atom is 0.417 e. The Morgan fingerprint density at radius 1 is 1.17 bits per heavy atom. The molecule has 2 aromatic carbocycles. The van der Waals surface area contributed by atoms with Gasteiger partial charge in [-0.05, 0) is 38.4 Å². The molecule has 1 amide bonds. The molecule has 0 saturated heterocycles. The lowest BCUT2D eigenvalue weighted by atomic mass is 10.1. The summed E-state index contributed by atoms with van der Waals surface area (Å²) >= 11 is 0. The summed E-state index contributed by atoms with van der Waals surface area (Å²) in [4.78, 5) is 34.1. The molecule has 3 rings (SSSR count). The first kappa shape index (κ1) is 21.3. The van der Waals surface area contributed by atoms with E-state index in [1.54, 1.807) is 0 Å². The number of imidazole rings is 1. The molecule has 0 fully saturated rings. The minimum absolute atomic E-state index is 0.0793. The number of fused-ring (bicyclic) bond motifs is 1. The molecule has 7 nitrogen and oxygen atoms in total. The van der Waals surface area contributed by atoms with Gasteiger partial charge in [0.2, 0.25) is 0 Å². The number of hydrogen-bond acceptors (Lipinski definition) is 5. The molecule has 2 N–H and O–H groups in total. The number of H-pyrrole nitrogens is 1. The van der Waals surface area contributed by atoms with Crippen molar-refractivity contribution in [3.63, 3.8) is 0 Å². The fraction of sp³-hybridized carbons (Fsp3) is 0.250. The maximum absolute atomic E-state index is 13.2. The van der Waals surface area contributed by atoms with Crippen LogP contribution >= 0.6 is 0 Å². The van der Waals surface area contributed by atoms with Crippen LogP contribution in [0, 0.1) is 0 Å². The number of amides is 1. The van der Waals surface area contributed by atoms with Crippen LogP contribution in [0.25, 0.3) is 11.0 Å². The van der Waals surface area contributed by atoms with Crippen molar-refractivity contribution in [2.24, 2.45) is 0 Å². The summed E-state index contributed by atoms with van der Waals surface area (Å²) in [5.74, 6) is -1.06. The van der Waals surface area contributed by atoms with Gasteiger partial charge >= 0.3 is 12.1 Å². The first-order chi connectivity index (χ1) is 14.1. The van der Waals surface area contributed by atoms with Crippen molar-refractivity contribution in [2.75, 3.05) is 26.5 Å². The molecular weight excluding hydrogens is 401 g/mol. The molecule has 0 unspecified atom stereocenters. The largest absolute Gasteiger partial charge is 0.465 e. The normalized spacial score (nSPS) is 11.7. The summed E-state index contributed by atoms with van der Waals surface area (Å²) < 4.78 is 44.4. The van der Waals surface area contributed by atoms with Crippen LogP contribution in [0.5, 0.6) is 0 Å². The summed E-state index contributed by atoms with van der Waals surface area (Å²) in [5.41, 5.74) is -0.587. The molecule has 0 radical (unpaired) electrons. The Morgan fingerprint density at radius 2 is 1.87 bits per heavy atom. The van der Waals surface area contributed by atoms with Crippen LogP contribution in [0.3, 0.4) is 0 Å². The van der Waals surface area contributed by atoms with Crippen LogP contribution in [-0.4, -0.2) is 47.9 Å². The number of esters is 1. The third kappa shape index (κ3) is 4.43. The zero-order valence-corrected chi connectivity index (χ0v) is 16.4. The molecule has 158 valence electrons. The topological polar surface area (TPSA) is 87.3 Å². The van der Waals surface area contributed by atoms with Crippen molar-refractivity contribution in [1.29, 1.82) is 0 Å². The summed E-state index contributed by atoms with van der Waals surface area (Å²) in [5, 5.41) is 2.43. The van der Waals surface area contributed by atoms with Crippen LogP contribution in [0.4, 0.5) is 18.9 Å². The van der Waals surface area contributed by atoms with Gasteiger partial charge in [-0.25, -0.2) is 9.78 Å². The van der Waals surface area contributed by atoms with E-state index in [-0.39, 0.29) is 11.3 Å². The van der Waals surface area contributed by atoms with E-state index in [4.69, 9.17) is 4.74 Å². The smallest absolute Gasteiger partial charge is 0.417 e. The van der Waals surface area contributed by atoms with Crippen molar-refractivity contribution in [3.8, 4) is 0 Å². The number of carbonyl (C=O) groups is 2. The van der Waals surface area contributed by atoms with Crippen molar-refractivity contribution >= 4 is 28.6 Å². The highest BCUT2D eigenvalue weighted by molar-refractivity contribution is 6.09. The van der Waals surface area contributed by atoms with E-state index < -0.39 is 29.2 Å². The Kier molecular flexibility index (Phi) is 5.79. The second-order valence-electron chi connectivity index (χ2n) is 6.83. The number of alkyl halides is 3. The number of methoxy groups -OCH3 is 1. The number of nitrogens with one attached hydrogen (secondary N) is 2. The number of halogens is 3. The van der Waals surface area contributed by atoms with Gasteiger partial charge in [-0.15, -0.1) is 0 Å². The maximum atomic E-state index is 13.2. The molecule has 0 aliphatic rings. The van der Waals surface area contributed by atoms with Gasteiger partial charge in [0.25, 0.3) is 5.91 Å². The third-order valence-corrected chi connectivity index (χ3v) is 4.24. The molecule has 0 atom stereocenters. The van der Waals surface area contributed by atoms with Crippen molar-refractivity contribution in [1.82, 2.24) is 14.9 Å². The average Bonchev–Trinajstić information content (AvgIpc) is 3.07. The van der Waals surface area contributed by atoms with E-state index in [2.05, 4.69) is 15.3 Å². The van der Waals surface area contributed by atoms with Crippen molar-refractivity contribution < 1.29 is 27.5 Å². The first-order valence-electron chi connectivity index (χ1n) is 8.83. The minimum atomic E-state index is -4.68. The second kappa shape index (κ2) is 8.15. The fourth-order valence-electron chi connectivity index (χ4n) is 3.01. The average molecular weight is 420 g/mol. The molecule has 0 aliphatic carbocycles. The lowest BCUT2D eigenvalue weighted by molar-refractivity contribution is -0.137. The van der Waals surface area contributed by atoms with E-state index >= 15 is 0 Å². The predicted molar refractivity (Wildman–Crippen MR) is 104 cm³/mol. The van der Waals surface area contributed by atoms with E-state index in [0.717, 1.165) is 12.1 Å². The van der Waals surface area contributed by atoms with Gasteiger partial charge in [0, 0.05) is 5.69 Å². The van der Waals surface area contributed by atoms with E-state index in [9.17, 15) is 22.8 Å². The number of anilines is 1. The molecule has 0 saturated carbocycles. The van der Waals surface area contributed by atoms with Crippen LogP contribution in [-0.2, 0) is 17.5 Å². The predicted octanol–water partition coefficient (Wildman–Crippen LogP) is 3.68. The Hall–Kier alpha value is -3.40. The van der Waals surface area contributed by atoms with Gasteiger partial charge in [-0.1, -0.05) is 12.1 Å². The quantitative estimate of drug-likeness (QED) is 0.615. The number of ether oxygens (including phenoxy) is 1. The van der Waals surface area contributed by atoms with Gasteiger partial charge in [-0.2, -0.15) is 13.2 Å². The number of rotatable bonds is 5. The monoisotopic (exact) mass is 420 g/mol. The Morgan fingerprint density at radius 3 is 2.50 bits per heavy atom. The highest BCUT2D eigenvalue weighted by Crippen LogP contribution is 2.32. The van der Waals surface area contributed by atoms with Crippen LogP contribution in [0.1, 0.15) is 32.1 Å².